The summed E-state index contributed by atoms with van der Waals surface area (Å²) in [6.07, 6.45) is -0.134. The highest BCUT2D eigenvalue weighted by Crippen LogP contribution is 2.41. The van der Waals surface area contributed by atoms with Crippen LogP contribution in [0.25, 0.3) is 0 Å². The smallest absolute Gasteiger partial charge is 0.274 e. The molecule has 0 radical (unpaired) electrons. The second kappa shape index (κ2) is 5.50. The molecule has 0 fully saturated rings. The average molecular weight is 350 g/mol. The molecule has 0 unspecified atom stereocenters. The summed E-state index contributed by atoms with van der Waals surface area (Å²) in [6, 6.07) is 4.63. The molecule has 2 rings (SSSR count). The third-order valence-corrected chi connectivity index (χ3v) is 4.67. The van der Waals surface area contributed by atoms with Gasteiger partial charge in [0.1, 0.15) is 5.25 Å². The lowest BCUT2D eigenvalue weighted by molar-refractivity contribution is -0.0139. The Kier molecular flexibility index (Phi) is 4.32. The average Bonchev–Trinajstić information content (AvgIpc) is 2.32. The van der Waals surface area contributed by atoms with Gasteiger partial charge in [-0.15, -0.1) is 0 Å². The van der Waals surface area contributed by atoms with Crippen LogP contribution in [0.4, 0.5) is 8.78 Å². The lowest BCUT2D eigenvalue weighted by Gasteiger charge is -2.26. The molecule has 0 spiro atoms. The zero-order valence-corrected chi connectivity index (χ0v) is 13.0. The molecule has 1 atom stereocenters. The van der Waals surface area contributed by atoms with Gasteiger partial charge in [0.2, 0.25) is 0 Å². The van der Waals surface area contributed by atoms with E-state index in [9.17, 15) is 13.3 Å². The summed E-state index contributed by atoms with van der Waals surface area (Å²) >= 11 is 1.89. The molecule has 1 aromatic rings. The van der Waals surface area contributed by atoms with Gasteiger partial charge >= 0.3 is 0 Å². The van der Waals surface area contributed by atoms with Crippen LogP contribution in [0.3, 0.4) is 0 Å². The molecule has 1 aliphatic carbocycles. The second-order valence-corrected chi connectivity index (χ2v) is 7.35. The largest absolute Gasteiger partial charge is 0.591 e. The first-order valence-electron chi connectivity index (χ1n) is 5.98. The highest BCUT2D eigenvalue weighted by Gasteiger charge is 2.39. The number of hydrogen-bond donors (Lipinski definition) is 0. The molecule has 0 amide bonds. The molecule has 0 heterocycles. The SMILES string of the molecule is CC(C)[S@@+]([O-])/N=C1\CCC(F)(F)c2ccc(Br)cc21. The minimum Gasteiger partial charge on any atom is -0.591 e. The molecule has 2 nitrogen and oxygen atoms in total. The normalized spacial score (nSPS) is 21.5. The number of alkyl halides is 2. The molecule has 1 aromatic carbocycles. The van der Waals surface area contributed by atoms with E-state index in [2.05, 4.69) is 20.3 Å². The summed E-state index contributed by atoms with van der Waals surface area (Å²) in [7, 11) is 0. The maximum Gasteiger partial charge on any atom is 0.274 e. The molecule has 6 heteroatoms. The maximum atomic E-state index is 13.9. The number of benzene rings is 1. The monoisotopic (exact) mass is 349 g/mol. The molecule has 0 aromatic heterocycles. The highest BCUT2D eigenvalue weighted by molar-refractivity contribution is 9.10. The Hall–Kier alpha value is -0.460. The van der Waals surface area contributed by atoms with Crippen LogP contribution < -0.4 is 0 Å². The molecule has 0 N–H and O–H groups in total. The van der Waals surface area contributed by atoms with Gasteiger partial charge < -0.3 is 4.55 Å². The zero-order valence-electron chi connectivity index (χ0n) is 10.6. The summed E-state index contributed by atoms with van der Waals surface area (Å²) in [5, 5.41) is -0.120. The minimum atomic E-state index is -2.84. The van der Waals surface area contributed by atoms with Gasteiger partial charge in [-0.2, -0.15) is 0 Å². The topological polar surface area (TPSA) is 35.4 Å². The van der Waals surface area contributed by atoms with Crippen molar-refractivity contribution >= 4 is 33.0 Å². The standard InChI is InChI=1S/C13H14BrF2NOS/c1-8(2)19(18)17-12-5-6-13(15,16)11-4-3-9(14)7-10(11)12/h3-4,7-8H,5-6H2,1-2H3/b17-12+/t19-/m1/s1. The third kappa shape index (κ3) is 3.17. The number of rotatable bonds is 2. The van der Waals surface area contributed by atoms with Gasteiger partial charge in [-0.25, -0.2) is 8.78 Å². The van der Waals surface area contributed by atoms with Crippen molar-refractivity contribution in [3.05, 3.63) is 33.8 Å². The van der Waals surface area contributed by atoms with E-state index in [4.69, 9.17) is 0 Å². The molecule has 0 aliphatic heterocycles. The Morgan fingerprint density at radius 3 is 2.74 bits per heavy atom. The van der Waals surface area contributed by atoms with Crippen molar-refractivity contribution in [3.63, 3.8) is 0 Å². The zero-order chi connectivity index (χ0) is 14.2. The van der Waals surface area contributed by atoms with E-state index >= 15 is 0 Å². The summed E-state index contributed by atoms with van der Waals surface area (Å²) < 4.78 is 44.3. The third-order valence-electron chi connectivity index (χ3n) is 2.97. The van der Waals surface area contributed by atoms with E-state index in [0.29, 0.717) is 15.7 Å². The predicted octanol–water partition coefficient (Wildman–Crippen LogP) is 4.20. The molecular weight excluding hydrogens is 336 g/mol. The van der Waals surface area contributed by atoms with Crippen molar-refractivity contribution in [2.45, 2.75) is 37.9 Å². The molecular formula is C13H14BrF2NOS. The van der Waals surface area contributed by atoms with Crippen LogP contribution in [0.1, 0.15) is 37.8 Å². The summed E-state index contributed by atoms with van der Waals surface area (Å²) in [5.74, 6) is -2.84. The molecule has 0 saturated heterocycles. The first-order chi connectivity index (χ1) is 8.81. The van der Waals surface area contributed by atoms with E-state index in [1.54, 1.807) is 26.0 Å². The van der Waals surface area contributed by atoms with E-state index in [1.165, 1.54) is 6.07 Å². The molecule has 0 saturated carbocycles. The fourth-order valence-electron chi connectivity index (χ4n) is 1.93. The fourth-order valence-corrected chi connectivity index (χ4v) is 2.91. The van der Waals surface area contributed by atoms with E-state index in [-0.39, 0.29) is 23.7 Å². The number of hydrogen-bond acceptors (Lipinski definition) is 2. The summed E-state index contributed by atoms with van der Waals surface area (Å²) in [5.41, 5.74) is 0.885. The van der Waals surface area contributed by atoms with Gasteiger partial charge in [0.15, 0.2) is 0 Å². The van der Waals surface area contributed by atoms with Gasteiger partial charge in [0, 0.05) is 28.4 Å². The lowest BCUT2D eigenvalue weighted by atomic mass is 9.87. The van der Waals surface area contributed by atoms with E-state index in [0.717, 1.165) is 0 Å². The number of halogens is 3. The van der Waals surface area contributed by atoms with Crippen LogP contribution >= 0.6 is 15.9 Å². The molecule has 104 valence electrons. The summed E-state index contributed by atoms with van der Waals surface area (Å²) in [6.45, 7) is 3.58. The van der Waals surface area contributed by atoms with Crippen molar-refractivity contribution in [1.29, 1.82) is 0 Å². The molecule has 0 bridgehead atoms. The minimum absolute atomic E-state index is 0.0264. The Balaban J connectivity index is 2.49. The van der Waals surface area contributed by atoms with Gasteiger partial charge in [0.25, 0.3) is 5.92 Å². The lowest BCUT2D eigenvalue weighted by Crippen LogP contribution is -2.26. The van der Waals surface area contributed by atoms with Crippen LogP contribution in [-0.2, 0) is 17.3 Å². The van der Waals surface area contributed by atoms with Crippen molar-refractivity contribution in [3.8, 4) is 0 Å². The molecule has 19 heavy (non-hydrogen) atoms. The summed E-state index contributed by atoms with van der Waals surface area (Å²) in [4.78, 5) is 0. The fraction of sp³-hybridized carbons (Fsp3) is 0.462. The Bertz CT molecular complexity index is 519. The van der Waals surface area contributed by atoms with Crippen molar-refractivity contribution in [2.24, 2.45) is 4.40 Å². The highest BCUT2D eigenvalue weighted by atomic mass is 79.9. The van der Waals surface area contributed by atoms with Crippen LogP contribution in [0.2, 0.25) is 0 Å². The van der Waals surface area contributed by atoms with Crippen molar-refractivity contribution in [1.82, 2.24) is 0 Å². The van der Waals surface area contributed by atoms with Gasteiger partial charge in [0.05, 0.1) is 17.1 Å². The Morgan fingerprint density at radius 1 is 1.42 bits per heavy atom. The number of nitrogens with zero attached hydrogens (tertiary/aromatic N) is 1. The van der Waals surface area contributed by atoms with E-state index in [1.807, 2.05) is 0 Å². The first-order valence-corrected chi connectivity index (χ1v) is 7.94. The Labute approximate surface area is 122 Å². The van der Waals surface area contributed by atoms with Crippen LogP contribution in [0, 0.1) is 0 Å². The second-order valence-electron chi connectivity index (χ2n) is 4.76. The number of fused-ring (bicyclic) bond motifs is 1. The van der Waals surface area contributed by atoms with Gasteiger partial charge in [-0.05, 0) is 26.0 Å². The van der Waals surface area contributed by atoms with Crippen molar-refractivity contribution in [2.75, 3.05) is 0 Å². The first kappa shape index (κ1) is 14.9. The van der Waals surface area contributed by atoms with Crippen LogP contribution in [0.15, 0.2) is 27.1 Å². The quantitative estimate of drug-likeness (QED) is 0.737. The van der Waals surface area contributed by atoms with Crippen molar-refractivity contribution < 1.29 is 13.3 Å². The van der Waals surface area contributed by atoms with Crippen LogP contribution in [-0.4, -0.2) is 15.5 Å². The van der Waals surface area contributed by atoms with Crippen LogP contribution in [0.5, 0.6) is 0 Å². The molecule has 1 aliphatic rings. The predicted molar refractivity (Wildman–Crippen MR) is 77.1 cm³/mol. The van der Waals surface area contributed by atoms with Gasteiger partial charge in [-0.1, -0.05) is 26.4 Å². The van der Waals surface area contributed by atoms with Gasteiger partial charge in [-0.3, -0.25) is 0 Å². The van der Waals surface area contributed by atoms with E-state index < -0.39 is 17.3 Å². The Morgan fingerprint density at radius 2 is 2.11 bits per heavy atom. The maximum absolute atomic E-state index is 13.9.